The van der Waals surface area contributed by atoms with E-state index in [9.17, 15) is 4.79 Å². The van der Waals surface area contributed by atoms with Gasteiger partial charge in [-0.1, -0.05) is 6.07 Å². The van der Waals surface area contributed by atoms with Gasteiger partial charge in [-0.3, -0.25) is 4.79 Å². The Kier molecular flexibility index (Phi) is 3.71. The number of pyridine rings is 1. The molecular formula is C11H10BrN3O2. The van der Waals surface area contributed by atoms with Gasteiger partial charge in [-0.05, 0) is 28.1 Å². The second kappa shape index (κ2) is 5.25. The van der Waals surface area contributed by atoms with E-state index in [-0.39, 0.29) is 5.91 Å². The van der Waals surface area contributed by atoms with Crippen LogP contribution >= 0.6 is 15.9 Å². The number of nitrogens with zero attached hydrogens (tertiary/aromatic N) is 3. The monoisotopic (exact) mass is 295 g/mol. The third-order valence-corrected chi connectivity index (χ3v) is 2.87. The summed E-state index contributed by atoms with van der Waals surface area (Å²) in [5, 5.41) is 8.77. The first-order valence-corrected chi connectivity index (χ1v) is 5.93. The first kappa shape index (κ1) is 12.0. The van der Waals surface area contributed by atoms with Gasteiger partial charge in [0.2, 0.25) is 0 Å². The predicted octanol–water partition coefficient (Wildman–Crippen LogP) is 1.21. The Morgan fingerprint density at radius 3 is 3.18 bits per heavy atom. The number of ether oxygens (including phenoxy) is 1. The average Bonchev–Trinajstić information content (AvgIpc) is 2.38. The molecule has 1 aliphatic heterocycles. The van der Waals surface area contributed by atoms with Crippen LogP contribution in [0.2, 0.25) is 0 Å². The quantitative estimate of drug-likeness (QED) is 0.731. The Hall–Kier alpha value is -1.45. The van der Waals surface area contributed by atoms with Gasteiger partial charge >= 0.3 is 0 Å². The van der Waals surface area contributed by atoms with E-state index in [1.54, 1.807) is 23.1 Å². The maximum atomic E-state index is 12.1. The Balaban J connectivity index is 2.12. The highest BCUT2D eigenvalue weighted by molar-refractivity contribution is 9.10. The van der Waals surface area contributed by atoms with Crippen LogP contribution in [-0.4, -0.2) is 41.6 Å². The van der Waals surface area contributed by atoms with Gasteiger partial charge in [0.25, 0.3) is 5.91 Å². The second-order valence-corrected chi connectivity index (χ2v) is 4.40. The summed E-state index contributed by atoms with van der Waals surface area (Å²) in [6, 6.07) is 7.18. The van der Waals surface area contributed by atoms with Gasteiger partial charge in [-0.15, -0.1) is 0 Å². The van der Waals surface area contributed by atoms with Crippen LogP contribution in [-0.2, 0) is 4.74 Å². The van der Waals surface area contributed by atoms with Gasteiger partial charge < -0.3 is 9.64 Å². The molecule has 1 aromatic rings. The molecule has 0 aliphatic carbocycles. The van der Waals surface area contributed by atoms with Crippen molar-refractivity contribution in [1.29, 1.82) is 5.26 Å². The van der Waals surface area contributed by atoms with Crippen LogP contribution < -0.4 is 0 Å². The number of morpholine rings is 1. The van der Waals surface area contributed by atoms with Gasteiger partial charge in [-0.2, -0.15) is 5.26 Å². The van der Waals surface area contributed by atoms with Crippen molar-refractivity contribution in [1.82, 2.24) is 9.88 Å². The highest BCUT2D eigenvalue weighted by atomic mass is 79.9. The van der Waals surface area contributed by atoms with Gasteiger partial charge in [-0.25, -0.2) is 4.98 Å². The molecule has 1 aliphatic rings. The minimum absolute atomic E-state index is 0.171. The van der Waals surface area contributed by atoms with Crippen molar-refractivity contribution in [3.8, 4) is 6.07 Å². The summed E-state index contributed by atoms with van der Waals surface area (Å²) in [4.78, 5) is 17.8. The van der Waals surface area contributed by atoms with Crippen molar-refractivity contribution < 1.29 is 9.53 Å². The average molecular weight is 296 g/mol. The number of rotatable bonds is 1. The summed E-state index contributed by atoms with van der Waals surface area (Å²) >= 11 is 3.22. The molecule has 1 fully saturated rings. The molecular weight excluding hydrogens is 286 g/mol. The highest BCUT2D eigenvalue weighted by Gasteiger charge is 2.25. The van der Waals surface area contributed by atoms with Crippen LogP contribution in [0.1, 0.15) is 10.5 Å². The molecule has 0 saturated carbocycles. The first-order valence-electron chi connectivity index (χ1n) is 5.14. The van der Waals surface area contributed by atoms with E-state index in [4.69, 9.17) is 10.00 Å². The number of carbonyl (C=O) groups excluding carboxylic acids is 1. The van der Waals surface area contributed by atoms with Crippen molar-refractivity contribution in [3.05, 3.63) is 28.5 Å². The molecule has 0 spiro atoms. The fourth-order valence-electron chi connectivity index (χ4n) is 1.60. The molecule has 1 atom stereocenters. The molecule has 17 heavy (non-hydrogen) atoms. The van der Waals surface area contributed by atoms with Crippen LogP contribution in [0.3, 0.4) is 0 Å². The fraction of sp³-hybridized carbons (Fsp3) is 0.364. The van der Waals surface area contributed by atoms with E-state index < -0.39 is 6.10 Å². The third-order valence-electron chi connectivity index (χ3n) is 2.43. The van der Waals surface area contributed by atoms with Crippen molar-refractivity contribution in [2.75, 3.05) is 19.7 Å². The molecule has 0 N–H and O–H groups in total. The number of nitriles is 1. The number of amides is 1. The summed E-state index contributed by atoms with van der Waals surface area (Å²) in [7, 11) is 0. The standard InChI is InChI=1S/C11H10BrN3O2/c12-10-3-1-2-9(14-10)11(16)15-4-5-17-8(6-13)7-15/h1-3,8H,4-5,7H2. The second-order valence-electron chi connectivity index (χ2n) is 3.59. The molecule has 1 amide bonds. The minimum atomic E-state index is -0.542. The van der Waals surface area contributed by atoms with Gasteiger partial charge in [0, 0.05) is 6.54 Å². The summed E-state index contributed by atoms with van der Waals surface area (Å²) in [5.41, 5.74) is 0.373. The lowest BCUT2D eigenvalue weighted by atomic mass is 10.2. The lowest BCUT2D eigenvalue weighted by Gasteiger charge is -2.29. The highest BCUT2D eigenvalue weighted by Crippen LogP contribution is 2.11. The maximum Gasteiger partial charge on any atom is 0.272 e. The Morgan fingerprint density at radius 2 is 2.47 bits per heavy atom. The van der Waals surface area contributed by atoms with E-state index in [2.05, 4.69) is 20.9 Å². The van der Waals surface area contributed by atoms with Gasteiger partial charge in [0.1, 0.15) is 10.3 Å². The molecule has 1 unspecified atom stereocenters. The Morgan fingerprint density at radius 1 is 1.65 bits per heavy atom. The molecule has 2 heterocycles. The van der Waals surface area contributed by atoms with Gasteiger partial charge in [0.05, 0.1) is 19.2 Å². The summed E-state index contributed by atoms with van der Waals surface area (Å²) in [5.74, 6) is -0.171. The Bertz CT molecular complexity index is 472. The molecule has 1 aromatic heterocycles. The summed E-state index contributed by atoms with van der Waals surface area (Å²) in [6.45, 7) is 1.17. The molecule has 5 nitrogen and oxygen atoms in total. The Labute approximate surface area is 107 Å². The molecule has 0 bridgehead atoms. The smallest absolute Gasteiger partial charge is 0.272 e. The van der Waals surface area contributed by atoms with Crippen LogP contribution in [0.15, 0.2) is 22.8 Å². The SMILES string of the molecule is N#CC1CN(C(=O)c2cccc(Br)n2)CCO1. The van der Waals surface area contributed by atoms with E-state index >= 15 is 0 Å². The van der Waals surface area contributed by atoms with Crippen LogP contribution in [0.5, 0.6) is 0 Å². The van der Waals surface area contributed by atoms with E-state index in [0.29, 0.717) is 30.0 Å². The topological polar surface area (TPSA) is 66.2 Å². The number of hydrogen-bond donors (Lipinski definition) is 0. The zero-order chi connectivity index (χ0) is 12.3. The van der Waals surface area contributed by atoms with E-state index in [1.807, 2.05) is 6.07 Å². The van der Waals surface area contributed by atoms with Crippen molar-refractivity contribution in [2.45, 2.75) is 6.10 Å². The zero-order valence-corrected chi connectivity index (χ0v) is 10.6. The lowest BCUT2D eigenvalue weighted by molar-refractivity contribution is 0.00319. The molecule has 6 heteroatoms. The first-order chi connectivity index (χ1) is 8.20. The molecule has 0 aromatic carbocycles. The molecule has 1 saturated heterocycles. The largest absolute Gasteiger partial charge is 0.360 e. The van der Waals surface area contributed by atoms with Gasteiger partial charge in [0.15, 0.2) is 6.10 Å². The third kappa shape index (κ3) is 2.81. The molecule has 2 rings (SSSR count). The van der Waals surface area contributed by atoms with Crippen molar-refractivity contribution in [2.24, 2.45) is 0 Å². The summed E-state index contributed by atoms with van der Waals surface area (Å²) < 4.78 is 5.80. The normalized spacial score (nSPS) is 19.8. The van der Waals surface area contributed by atoms with E-state index in [1.165, 1.54) is 0 Å². The predicted molar refractivity (Wildman–Crippen MR) is 63.2 cm³/mol. The number of carbonyl (C=O) groups is 1. The number of hydrogen-bond acceptors (Lipinski definition) is 4. The van der Waals surface area contributed by atoms with Crippen molar-refractivity contribution in [3.63, 3.8) is 0 Å². The minimum Gasteiger partial charge on any atom is -0.360 e. The lowest BCUT2D eigenvalue weighted by Crippen LogP contribution is -2.45. The zero-order valence-electron chi connectivity index (χ0n) is 8.97. The van der Waals surface area contributed by atoms with Crippen molar-refractivity contribution >= 4 is 21.8 Å². The fourth-order valence-corrected chi connectivity index (χ4v) is 1.94. The molecule has 0 radical (unpaired) electrons. The number of aromatic nitrogens is 1. The number of halogens is 1. The molecule has 88 valence electrons. The van der Waals surface area contributed by atoms with E-state index in [0.717, 1.165) is 0 Å². The maximum absolute atomic E-state index is 12.1. The van der Waals surface area contributed by atoms with Crippen LogP contribution in [0.4, 0.5) is 0 Å². The van der Waals surface area contributed by atoms with Crippen LogP contribution in [0, 0.1) is 11.3 Å². The summed E-state index contributed by atoms with van der Waals surface area (Å²) in [6.07, 6.45) is -0.542. The van der Waals surface area contributed by atoms with Crippen LogP contribution in [0.25, 0.3) is 0 Å².